The van der Waals surface area contributed by atoms with Crippen molar-refractivity contribution in [1.82, 2.24) is 0 Å². The van der Waals surface area contributed by atoms with Crippen molar-refractivity contribution in [2.45, 2.75) is 6.42 Å². The zero-order chi connectivity index (χ0) is 13.4. The third-order valence-corrected chi connectivity index (χ3v) is 3.64. The van der Waals surface area contributed by atoms with Gasteiger partial charge in [-0.1, -0.05) is 0 Å². The highest BCUT2D eigenvalue weighted by atomic mass is 79.9. The minimum atomic E-state index is -0.116. The average Bonchev–Trinajstić information content (AvgIpc) is 3.03. The molecule has 1 aliphatic rings. The smallest absolute Gasteiger partial charge is 0.294 e. The van der Waals surface area contributed by atoms with E-state index >= 15 is 0 Å². The number of hydrogen-bond acceptors (Lipinski definition) is 3. The summed E-state index contributed by atoms with van der Waals surface area (Å²) in [4.78, 5) is 14.1. The van der Waals surface area contributed by atoms with Crippen molar-refractivity contribution >= 4 is 27.5 Å². The third kappa shape index (κ3) is 2.14. The van der Waals surface area contributed by atoms with Gasteiger partial charge in [0.1, 0.15) is 5.75 Å². The van der Waals surface area contributed by atoms with Crippen molar-refractivity contribution in [2.75, 3.05) is 18.6 Å². The maximum absolute atomic E-state index is 12.4. The number of furan rings is 1. The van der Waals surface area contributed by atoms with Crippen molar-refractivity contribution in [3.05, 3.63) is 46.3 Å². The lowest BCUT2D eigenvalue weighted by Crippen LogP contribution is -2.28. The Hall–Kier alpha value is -1.75. The van der Waals surface area contributed by atoms with Gasteiger partial charge in [-0.3, -0.25) is 4.79 Å². The van der Waals surface area contributed by atoms with E-state index in [0.717, 1.165) is 23.4 Å². The van der Waals surface area contributed by atoms with Gasteiger partial charge in [-0.15, -0.1) is 0 Å². The SMILES string of the molecule is COc1ccc2c(c1)CCN2C(=O)c1ccc(Br)o1. The first kappa shape index (κ1) is 12.3. The number of nitrogens with zero attached hydrogens (tertiary/aromatic N) is 1. The summed E-state index contributed by atoms with van der Waals surface area (Å²) in [5, 5.41) is 0. The van der Waals surface area contributed by atoms with Gasteiger partial charge in [0.15, 0.2) is 10.4 Å². The number of anilines is 1. The molecule has 0 atom stereocenters. The Balaban J connectivity index is 1.92. The Bertz CT molecular complexity index is 635. The molecule has 98 valence electrons. The lowest BCUT2D eigenvalue weighted by atomic mass is 10.1. The molecule has 0 spiro atoms. The van der Waals surface area contributed by atoms with Gasteiger partial charge in [-0.25, -0.2) is 0 Å². The van der Waals surface area contributed by atoms with E-state index in [0.29, 0.717) is 17.0 Å². The molecule has 0 saturated heterocycles. The normalized spacial score (nSPS) is 13.5. The second kappa shape index (κ2) is 4.74. The fraction of sp³-hybridized carbons (Fsp3) is 0.214. The first-order valence-electron chi connectivity index (χ1n) is 5.93. The lowest BCUT2D eigenvalue weighted by Gasteiger charge is -2.15. The average molecular weight is 322 g/mol. The quantitative estimate of drug-likeness (QED) is 0.852. The first-order chi connectivity index (χ1) is 9.19. The van der Waals surface area contributed by atoms with Gasteiger partial charge in [-0.2, -0.15) is 0 Å². The third-order valence-electron chi connectivity index (χ3n) is 3.21. The molecule has 1 amide bonds. The Morgan fingerprint density at radius 1 is 1.37 bits per heavy atom. The van der Waals surface area contributed by atoms with E-state index in [9.17, 15) is 4.79 Å². The van der Waals surface area contributed by atoms with Crippen LogP contribution in [0.25, 0.3) is 0 Å². The van der Waals surface area contributed by atoms with Crippen LogP contribution in [-0.2, 0) is 6.42 Å². The molecule has 0 N–H and O–H groups in total. The van der Waals surface area contributed by atoms with Gasteiger partial charge in [0, 0.05) is 12.2 Å². The van der Waals surface area contributed by atoms with Crippen molar-refractivity contribution in [3.63, 3.8) is 0 Å². The molecule has 0 radical (unpaired) electrons. The Morgan fingerprint density at radius 3 is 2.89 bits per heavy atom. The van der Waals surface area contributed by atoms with Crippen LogP contribution in [0, 0.1) is 0 Å². The largest absolute Gasteiger partial charge is 0.497 e. The number of hydrogen-bond donors (Lipinski definition) is 0. The molecule has 0 unspecified atom stereocenters. The summed E-state index contributed by atoms with van der Waals surface area (Å²) >= 11 is 3.21. The van der Waals surface area contributed by atoms with Crippen LogP contribution in [-0.4, -0.2) is 19.6 Å². The maximum atomic E-state index is 12.4. The highest BCUT2D eigenvalue weighted by Crippen LogP contribution is 2.32. The minimum Gasteiger partial charge on any atom is -0.497 e. The summed E-state index contributed by atoms with van der Waals surface area (Å²) in [6.07, 6.45) is 0.833. The summed E-state index contributed by atoms with van der Waals surface area (Å²) in [6, 6.07) is 9.15. The molecule has 0 aliphatic carbocycles. The number of amides is 1. The number of halogens is 1. The monoisotopic (exact) mass is 321 g/mol. The van der Waals surface area contributed by atoms with Crippen LogP contribution in [0.2, 0.25) is 0 Å². The van der Waals surface area contributed by atoms with E-state index in [1.165, 1.54) is 0 Å². The Kier molecular flexibility index (Phi) is 3.06. The van der Waals surface area contributed by atoms with Gasteiger partial charge in [0.2, 0.25) is 0 Å². The molecule has 0 fully saturated rings. The summed E-state index contributed by atoms with van der Waals surface area (Å²) < 4.78 is 11.1. The molecule has 1 aromatic heterocycles. The Labute approximate surface area is 119 Å². The van der Waals surface area contributed by atoms with Gasteiger partial charge in [0.05, 0.1) is 7.11 Å². The predicted octanol–water partition coefficient (Wildman–Crippen LogP) is 3.25. The van der Waals surface area contributed by atoms with Gasteiger partial charge < -0.3 is 14.1 Å². The minimum absolute atomic E-state index is 0.116. The van der Waals surface area contributed by atoms with E-state index in [2.05, 4.69) is 15.9 Å². The van der Waals surface area contributed by atoms with Crippen LogP contribution in [0.1, 0.15) is 16.1 Å². The zero-order valence-corrected chi connectivity index (χ0v) is 11.9. The summed E-state index contributed by atoms with van der Waals surface area (Å²) in [6.45, 7) is 0.666. The van der Waals surface area contributed by atoms with E-state index in [1.54, 1.807) is 24.1 Å². The van der Waals surface area contributed by atoms with Crippen LogP contribution < -0.4 is 9.64 Å². The van der Waals surface area contributed by atoms with Crippen molar-refractivity contribution in [3.8, 4) is 5.75 Å². The molecule has 1 aliphatic heterocycles. The second-order valence-corrected chi connectivity index (χ2v) is 5.09. The summed E-state index contributed by atoms with van der Waals surface area (Å²) in [5.74, 6) is 1.04. The molecule has 4 nitrogen and oxygen atoms in total. The van der Waals surface area contributed by atoms with Gasteiger partial charge in [-0.05, 0) is 58.2 Å². The Morgan fingerprint density at radius 2 is 2.21 bits per heavy atom. The number of fused-ring (bicyclic) bond motifs is 1. The van der Waals surface area contributed by atoms with E-state index in [1.807, 2.05) is 18.2 Å². The second-order valence-electron chi connectivity index (χ2n) is 4.31. The first-order valence-corrected chi connectivity index (χ1v) is 6.72. The van der Waals surface area contributed by atoms with Crippen molar-refractivity contribution in [2.24, 2.45) is 0 Å². The summed E-state index contributed by atoms with van der Waals surface area (Å²) in [5.41, 5.74) is 2.05. The molecule has 0 saturated carbocycles. The van der Waals surface area contributed by atoms with Crippen LogP contribution >= 0.6 is 15.9 Å². The molecular formula is C14H12BrNO3. The number of benzene rings is 1. The number of carbonyl (C=O) groups excluding carboxylic acids is 1. The van der Waals surface area contributed by atoms with Crippen LogP contribution in [0.15, 0.2) is 39.4 Å². The fourth-order valence-electron chi connectivity index (χ4n) is 2.28. The molecule has 2 heterocycles. The zero-order valence-electron chi connectivity index (χ0n) is 10.4. The van der Waals surface area contributed by atoms with Gasteiger partial charge >= 0.3 is 0 Å². The highest BCUT2D eigenvalue weighted by molar-refractivity contribution is 9.10. The standard InChI is InChI=1S/C14H12BrNO3/c1-18-10-2-3-11-9(8-10)6-7-16(11)14(17)12-4-5-13(15)19-12/h2-5,8H,6-7H2,1H3. The van der Waals surface area contributed by atoms with E-state index < -0.39 is 0 Å². The number of rotatable bonds is 2. The maximum Gasteiger partial charge on any atom is 0.294 e. The van der Waals surface area contributed by atoms with Crippen LogP contribution in [0.3, 0.4) is 0 Å². The summed E-state index contributed by atoms with van der Waals surface area (Å²) in [7, 11) is 1.64. The van der Waals surface area contributed by atoms with Crippen LogP contribution in [0.4, 0.5) is 5.69 Å². The van der Waals surface area contributed by atoms with Crippen molar-refractivity contribution < 1.29 is 13.9 Å². The predicted molar refractivity (Wildman–Crippen MR) is 74.8 cm³/mol. The highest BCUT2D eigenvalue weighted by Gasteiger charge is 2.27. The van der Waals surface area contributed by atoms with Crippen LogP contribution in [0.5, 0.6) is 5.75 Å². The molecule has 2 aromatic rings. The molecular weight excluding hydrogens is 310 g/mol. The molecule has 3 rings (SSSR count). The topological polar surface area (TPSA) is 42.7 Å². The van der Waals surface area contributed by atoms with E-state index in [4.69, 9.17) is 9.15 Å². The molecule has 0 bridgehead atoms. The molecule has 1 aromatic carbocycles. The van der Waals surface area contributed by atoms with E-state index in [-0.39, 0.29) is 5.91 Å². The molecule has 5 heteroatoms. The van der Waals surface area contributed by atoms with Gasteiger partial charge in [0.25, 0.3) is 5.91 Å². The lowest BCUT2D eigenvalue weighted by molar-refractivity contribution is 0.0961. The van der Waals surface area contributed by atoms with Crippen molar-refractivity contribution in [1.29, 1.82) is 0 Å². The number of carbonyl (C=O) groups is 1. The fourth-order valence-corrected chi connectivity index (χ4v) is 2.58. The number of methoxy groups -OCH3 is 1. The number of ether oxygens (including phenoxy) is 1. The molecule has 19 heavy (non-hydrogen) atoms.